The lowest BCUT2D eigenvalue weighted by molar-refractivity contribution is 0.601. The van der Waals surface area contributed by atoms with Gasteiger partial charge in [0.2, 0.25) is 0 Å². The standard InChI is InChI=1S/C20H26FN3O2S/c1-14-5-8-17(13-19(14)21)15(2)24-20(22-3)23-12-11-16-6-9-18(10-7-16)27(4,25)26/h5-10,13,15H,11-12H2,1-4H3,(H2,22,23,24). The van der Waals surface area contributed by atoms with E-state index >= 15 is 0 Å². The zero-order valence-electron chi connectivity index (χ0n) is 16.1. The molecule has 2 rings (SSSR count). The molecule has 1 atom stereocenters. The van der Waals surface area contributed by atoms with Gasteiger partial charge in [-0.25, -0.2) is 12.8 Å². The number of aliphatic imine (C=N–C) groups is 1. The number of benzene rings is 2. The van der Waals surface area contributed by atoms with Crippen LogP contribution in [0.2, 0.25) is 0 Å². The number of hydrogen-bond acceptors (Lipinski definition) is 3. The van der Waals surface area contributed by atoms with Crippen LogP contribution in [0.25, 0.3) is 0 Å². The highest BCUT2D eigenvalue weighted by Gasteiger charge is 2.10. The maximum Gasteiger partial charge on any atom is 0.191 e. The third-order valence-electron chi connectivity index (χ3n) is 4.33. The van der Waals surface area contributed by atoms with Gasteiger partial charge < -0.3 is 10.6 Å². The molecule has 7 heteroatoms. The molecular weight excluding hydrogens is 365 g/mol. The smallest absolute Gasteiger partial charge is 0.191 e. The summed E-state index contributed by atoms with van der Waals surface area (Å²) in [5, 5.41) is 6.45. The fourth-order valence-corrected chi connectivity index (χ4v) is 3.22. The topological polar surface area (TPSA) is 70.6 Å². The first-order chi connectivity index (χ1) is 12.7. The molecule has 27 heavy (non-hydrogen) atoms. The van der Waals surface area contributed by atoms with Gasteiger partial charge in [0.1, 0.15) is 5.82 Å². The Labute approximate surface area is 160 Å². The normalized spacial score (nSPS) is 13.3. The Hall–Kier alpha value is -2.41. The molecule has 0 saturated carbocycles. The molecule has 146 valence electrons. The van der Waals surface area contributed by atoms with Gasteiger partial charge in [0.15, 0.2) is 15.8 Å². The summed E-state index contributed by atoms with van der Waals surface area (Å²) < 4.78 is 36.7. The fraction of sp³-hybridized carbons (Fsp3) is 0.350. The van der Waals surface area contributed by atoms with E-state index in [1.54, 1.807) is 32.2 Å². The van der Waals surface area contributed by atoms with Crippen LogP contribution in [-0.4, -0.2) is 34.2 Å². The van der Waals surface area contributed by atoms with Crippen molar-refractivity contribution in [2.24, 2.45) is 4.99 Å². The van der Waals surface area contributed by atoms with Gasteiger partial charge >= 0.3 is 0 Å². The molecule has 0 heterocycles. The zero-order chi connectivity index (χ0) is 20.0. The molecule has 2 aromatic carbocycles. The molecule has 0 saturated heterocycles. The summed E-state index contributed by atoms with van der Waals surface area (Å²) in [6, 6.07) is 11.9. The minimum absolute atomic E-state index is 0.0969. The van der Waals surface area contributed by atoms with E-state index in [0.717, 1.165) is 17.5 Å². The highest BCUT2D eigenvalue weighted by molar-refractivity contribution is 7.90. The Morgan fingerprint density at radius 3 is 2.41 bits per heavy atom. The number of rotatable bonds is 6. The van der Waals surface area contributed by atoms with Crippen molar-refractivity contribution in [3.05, 3.63) is 65.0 Å². The molecular formula is C20H26FN3O2S. The van der Waals surface area contributed by atoms with Gasteiger partial charge in [0.05, 0.1) is 10.9 Å². The van der Waals surface area contributed by atoms with Crippen molar-refractivity contribution in [1.29, 1.82) is 0 Å². The summed E-state index contributed by atoms with van der Waals surface area (Å²) in [4.78, 5) is 4.51. The third-order valence-corrected chi connectivity index (χ3v) is 5.46. The van der Waals surface area contributed by atoms with Crippen LogP contribution in [0.4, 0.5) is 4.39 Å². The number of nitrogens with zero attached hydrogens (tertiary/aromatic N) is 1. The third kappa shape index (κ3) is 6.06. The molecule has 0 spiro atoms. The lowest BCUT2D eigenvalue weighted by Crippen LogP contribution is -2.39. The van der Waals surface area contributed by atoms with E-state index in [2.05, 4.69) is 15.6 Å². The van der Waals surface area contributed by atoms with Gasteiger partial charge in [-0.1, -0.05) is 24.3 Å². The van der Waals surface area contributed by atoms with E-state index in [9.17, 15) is 12.8 Å². The Morgan fingerprint density at radius 1 is 1.19 bits per heavy atom. The van der Waals surface area contributed by atoms with Gasteiger partial charge in [-0.05, 0) is 55.2 Å². The largest absolute Gasteiger partial charge is 0.356 e. The van der Waals surface area contributed by atoms with E-state index in [-0.39, 0.29) is 11.9 Å². The van der Waals surface area contributed by atoms with Crippen molar-refractivity contribution in [1.82, 2.24) is 10.6 Å². The average Bonchev–Trinajstić information content (AvgIpc) is 2.62. The van der Waals surface area contributed by atoms with Crippen LogP contribution < -0.4 is 10.6 Å². The maximum atomic E-state index is 13.7. The van der Waals surface area contributed by atoms with E-state index in [0.29, 0.717) is 23.0 Å². The summed E-state index contributed by atoms with van der Waals surface area (Å²) in [6.07, 6.45) is 1.92. The molecule has 2 N–H and O–H groups in total. The number of sulfone groups is 1. The highest BCUT2D eigenvalue weighted by atomic mass is 32.2. The summed E-state index contributed by atoms with van der Waals surface area (Å²) in [5.41, 5.74) is 2.49. The highest BCUT2D eigenvalue weighted by Crippen LogP contribution is 2.16. The van der Waals surface area contributed by atoms with E-state index in [1.165, 1.54) is 12.3 Å². The maximum absolute atomic E-state index is 13.7. The lowest BCUT2D eigenvalue weighted by Gasteiger charge is -2.18. The predicted octanol–water partition coefficient (Wildman–Crippen LogP) is 3.01. The van der Waals surface area contributed by atoms with Crippen molar-refractivity contribution < 1.29 is 12.8 Å². The summed E-state index contributed by atoms with van der Waals surface area (Å²) in [5.74, 6) is 0.401. The summed E-state index contributed by atoms with van der Waals surface area (Å²) >= 11 is 0. The molecule has 0 aliphatic heterocycles. The molecule has 0 aromatic heterocycles. The quantitative estimate of drug-likeness (QED) is 0.587. The van der Waals surface area contributed by atoms with Crippen LogP contribution in [0.3, 0.4) is 0 Å². The van der Waals surface area contributed by atoms with E-state index < -0.39 is 9.84 Å². The number of aryl methyl sites for hydroxylation is 1. The zero-order valence-corrected chi connectivity index (χ0v) is 16.9. The van der Waals surface area contributed by atoms with Crippen molar-refractivity contribution in [3.63, 3.8) is 0 Å². The van der Waals surface area contributed by atoms with E-state index in [4.69, 9.17) is 0 Å². The molecule has 0 bridgehead atoms. The molecule has 0 aliphatic rings. The molecule has 0 radical (unpaired) electrons. The Balaban J connectivity index is 1.89. The molecule has 2 aromatic rings. The van der Waals surface area contributed by atoms with Gasteiger partial charge in [-0.15, -0.1) is 0 Å². The Kier molecular flexibility index (Phi) is 6.96. The predicted molar refractivity (Wildman–Crippen MR) is 107 cm³/mol. The van der Waals surface area contributed by atoms with Crippen LogP contribution in [0, 0.1) is 12.7 Å². The van der Waals surface area contributed by atoms with E-state index in [1.807, 2.05) is 25.1 Å². The molecule has 0 fully saturated rings. The number of hydrogen-bond donors (Lipinski definition) is 2. The first-order valence-electron chi connectivity index (χ1n) is 8.73. The van der Waals surface area contributed by atoms with Crippen molar-refractivity contribution in [3.8, 4) is 0 Å². The second-order valence-corrected chi connectivity index (χ2v) is 8.56. The minimum Gasteiger partial charge on any atom is -0.356 e. The molecule has 1 unspecified atom stereocenters. The summed E-state index contributed by atoms with van der Waals surface area (Å²) in [6.45, 7) is 4.31. The monoisotopic (exact) mass is 391 g/mol. The first kappa shape index (κ1) is 20.9. The second-order valence-electron chi connectivity index (χ2n) is 6.54. The molecule has 0 amide bonds. The number of nitrogens with one attached hydrogen (secondary N) is 2. The average molecular weight is 392 g/mol. The Morgan fingerprint density at radius 2 is 1.85 bits per heavy atom. The van der Waals surface area contributed by atoms with Crippen LogP contribution >= 0.6 is 0 Å². The van der Waals surface area contributed by atoms with Crippen LogP contribution in [0.15, 0.2) is 52.4 Å². The van der Waals surface area contributed by atoms with Crippen LogP contribution in [0.5, 0.6) is 0 Å². The van der Waals surface area contributed by atoms with Crippen molar-refractivity contribution in [2.45, 2.75) is 31.2 Å². The fourth-order valence-electron chi connectivity index (χ4n) is 2.59. The SMILES string of the molecule is CN=C(NCCc1ccc(S(C)(=O)=O)cc1)NC(C)c1ccc(C)c(F)c1. The van der Waals surface area contributed by atoms with Gasteiger partial charge in [-0.3, -0.25) is 4.99 Å². The van der Waals surface area contributed by atoms with Gasteiger partial charge in [0, 0.05) is 19.8 Å². The molecule has 0 aliphatic carbocycles. The minimum atomic E-state index is -3.17. The number of guanidine groups is 1. The molecule has 5 nitrogen and oxygen atoms in total. The van der Waals surface area contributed by atoms with Crippen LogP contribution in [-0.2, 0) is 16.3 Å². The summed E-state index contributed by atoms with van der Waals surface area (Å²) in [7, 11) is -1.50. The Bertz CT molecular complexity index is 909. The van der Waals surface area contributed by atoms with Crippen molar-refractivity contribution in [2.75, 3.05) is 19.8 Å². The van der Waals surface area contributed by atoms with Gasteiger partial charge in [-0.2, -0.15) is 0 Å². The van der Waals surface area contributed by atoms with Crippen LogP contribution in [0.1, 0.15) is 29.7 Å². The van der Waals surface area contributed by atoms with Gasteiger partial charge in [0.25, 0.3) is 0 Å². The first-order valence-corrected chi connectivity index (χ1v) is 10.6. The number of halogens is 1. The second kappa shape index (κ2) is 8.99. The lowest BCUT2D eigenvalue weighted by atomic mass is 10.1. The van der Waals surface area contributed by atoms with Crippen molar-refractivity contribution >= 4 is 15.8 Å².